The highest BCUT2D eigenvalue weighted by molar-refractivity contribution is 9.10. The summed E-state index contributed by atoms with van der Waals surface area (Å²) in [5, 5.41) is 0. The van der Waals surface area contributed by atoms with Crippen molar-refractivity contribution < 1.29 is 13.2 Å². The third-order valence-corrected chi connectivity index (χ3v) is 6.46. The Morgan fingerprint density at radius 3 is 2.62 bits per heavy atom. The number of halogens is 1. The minimum atomic E-state index is -3.52. The molecule has 0 spiro atoms. The number of rotatable bonds is 3. The summed E-state index contributed by atoms with van der Waals surface area (Å²) in [6.45, 7) is 5.53. The van der Waals surface area contributed by atoms with Gasteiger partial charge in [0.25, 0.3) is 0 Å². The Hall–Kier alpha value is -0.590. The van der Waals surface area contributed by atoms with Crippen LogP contribution in [-0.2, 0) is 10.0 Å². The van der Waals surface area contributed by atoms with E-state index >= 15 is 0 Å². The molecule has 0 N–H and O–H groups in total. The van der Waals surface area contributed by atoms with Gasteiger partial charge in [0.05, 0.1) is 7.11 Å². The second-order valence-corrected chi connectivity index (χ2v) is 9.04. The highest BCUT2D eigenvalue weighted by Crippen LogP contribution is 2.34. The van der Waals surface area contributed by atoms with E-state index in [0.29, 0.717) is 18.8 Å². The van der Waals surface area contributed by atoms with Crippen LogP contribution in [0, 0.1) is 5.41 Å². The summed E-state index contributed by atoms with van der Waals surface area (Å²) >= 11 is 3.34. The number of ether oxygens (including phenoxy) is 1. The fourth-order valence-electron chi connectivity index (χ4n) is 2.63. The van der Waals surface area contributed by atoms with Gasteiger partial charge in [-0.2, -0.15) is 4.31 Å². The molecule has 1 fully saturated rings. The normalized spacial score (nSPS) is 20.0. The van der Waals surface area contributed by atoms with E-state index in [-0.39, 0.29) is 10.3 Å². The zero-order valence-electron chi connectivity index (χ0n) is 12.7. The maximum absolute atomic E-state index is 12.9. The Morgan fingerprint density at radius 1 is 1.24 bits per heavy atom. The first-order valence-electron chi connectivity index (χ1n) is 7.10. The van der Waals surface area contributed by atoms with Gasteiger partial charge < -0.3 is 4.74 Å². The molecule has 6 heteroatoms. The van der Waals surface area contributed by atoms with Crippen LogP contribution in [0.2, 0.25) is 0 Å². The molecule has 1 aliphatic heterocycles. The van der Waals surface area contributed by atoms with Crippen LogP contribution < -0.4 is 4.74 Å². The standard InChI is InChI=1S/C15H22BrNO3S/c1-15(2)7-4-9-17(10-8-15)21(18,19)14-11-12(16)5-6-13(14)20-3/h5-6,11H,4,7-10H2,1-3H3. The van der Waals surface area contributed by atoms with Crippen molar-refractivity contribution in [3.63, 3.8) is 0 Å². The van der Waals surface area contributed by atoms with Gasteiger partial charge in [0.2, 0.25) is 10.0 Å². The molecule has 0 atom stereocenters. The summed E-state index contributed by atoms with van der Waals surface area (Å²) in [6.07, 6.45) is 2.82. The molecule has 118 valence electrons. The van der Waals surface area contributed by atoms with Gasteiger partial charge in [0, 0.05) is 17.6 Å². The molecule has 0 bridgehead atoms. The van der Waals surface area contributed by atoms with Crippen molar-refractivity contribution in [3.8, 4) is 5.75 Å². The van der Waals surface area contributed by atoms with Crippen molar-refractivity contribution in [3.05, 3.63) is 22.7 Å². The average Bonchev–Trinajstić information content (AvgIpc) is 2.60. The summed E-state index contributed by atoms with van der Waals surface area (Å²) in [6, 6.07) is 5.08. The molecule has 0 saturated carbocycles. The van der Waals surface area contributed by atoms with Gasteiger partial charge >= 0.3 is 0 Å². The van der Waals surface area contributed by atoms with Crippen molar-refractivity contribution in [2.75, 3.05) is 20.2 Å². The van der Waals surface area contributed by atoms with Crippen LogP contribution in [0.15, 0.2) is 27.6 Å². The molecule has 21 heavy (non-hydrogen) atoms. The van der Waals surface area contributed by atoms with Crippen LogP contribution in [0.25, 0.3) is 0 Å². The Kier molecular flexibility index (Phi) is 5.00. The lowest BCUT2D eigenvalue weighted by Crippen LogP contribution is -2.32. The summed E-state index contributed by atoms with van der Waals surface area (Å²) in [5.41, 5.74) is 0.200. The number of nitrogens with zero attached hydrogens (tertiary/aromatic N) is 1. The molecule has 1 aromatic rings. The summed E-state index contributed by atoms with van der Waals surface area (Å²) in [5.74, 6) is 0.390. The molecule has 0 radical (unpaired) electrons. The van der Waals surface area contributed by atoms with Crippen LogP contribution >= 0.6 is 15.9 Å². The predicted molar refractivity (Wildman–Crippen MR) is 87.1 cm³/mol. The Labute approximate surface area is 135 Å². The number of hydrogen-bond acceptors (Lipinski definition) is 3. The van der Waals surface area contributed by atoms with Crippen LogP contribution in [-0.4, -0.2) is 32.9 Å². The monoisotopic (exact) mass is 375 g/mol. The van der Waals surface area contributed by atoms with E-state index in [1.165, 1.54) is 7.11 Å². The van der Waals surface area contributed by atoms with Crippen LogP contribution in [0.3, 0.4) is 0 Å². The van der Waals surface area contributed by atoms with Gasteiger partial charge in [0.15, 0.2) is 0 Å². The zero-order valence-corrected chi connectivity index (χ0v) is 15.1. The van der Waals surface area contributed by atoms with Gasteiger partial charge in [0.1, 0.15) is 10.6 Å². The van der Waals surface area contributed by atoms with Crippen molar-refractivity contribution in [2.45, 2.75) is 38.0 Å². The molecule has 0 unspecified atom stereocenters. The molecule has 1 saturated heterocycles. The topological polar surface area (TPSA) is 46.6 Å². The molecule has 1 aromatic carbocycles. The van der Waals surface area contributed by atoms with E-state index < -0.39 is 10.0 Å². The second kappa shape index (κ2) is 6.26. The molecule has 1 aliphatic rings. The minimum Gasteiger partial charge on any atom is -0.495 e. The molecule has 0 amide bonds. The van der Waals surface area contributed by atoms with E-state index in [1.807, 2.05) is 0 Å². The molecular weight excluding hydrogens is 354 g/mol. The Morgan fingerprint density at radius 2 is 1.95 bits per heavy atom. The van der Waals surface area contributed by atoms with E-state index in [9.17, 15) is 8.42 Å². The lowest BCUT2D eigenvalue weighted by atomic mass is 9.85. The zero-order chi connectivity index (χ0) is 15.7. The third-order valence-electron chi connectivity index (χ3n) is 4.04. The number of benzene rings is 1. The van der Waals surface area contributed by atoms with Crippen molar-refractivity contribution in [1.29, 1.82) is 0 Å². The number of sulfonamides is 1. The van der Waals surface area contributed by atoms with E-state index in [4.69, 9.17) is 4.74 Å². The van der Waals surface area contributed by atoms with Gasteiger partial charge in [-0.05, 0) is 42.9 Å². The molecule has 0 aliphatic carbocycles. The smallest absolute Gasteiger partial charge is 0.246 e. The van der Waals surface area contributed by atoms with Crippen molar-refractivity contribution >= 4 is 26.0 Å². The summed E-state index contributed by atoms with van der Waals surface area (Å²) in [4.78, 5) is 0.235. The summed E-state index contributed by atoms with van der Waals surface area (Å²) < 4.78 is 33.4. The largest absolute Gasteiger partial charge is 0.495 e. The van der Waals surface area contributed by atoms with E-state index in [1.54, 1.807) is 22.5 Å². The third kappa shape index (κ3) is 3.79. The van der Waals surface area contributed by atoms with Crippen LogP contribution in [0.5, 0.6) is 5.75 Å². The lowest BCUT2D eigenvalue weighted by molar-refractivity contribution is 0.314. The highest BCUT2D eigenvalue weighted by atomic mass is 79.9. The first kappa shape index (κ1) is 16.8. The van der Waals surface area contributed by atoms with Crippen molar-refractivity contribution in [2.24, 2.45) is 5.41 Å². The molecule has 2 rings (SSSR count). The molecule has 0 aromatic heterocycles. The predicted octanol–water partition coefficient (Wildman–Crippen LogP) is 3.66. The van der Waals surface area contributed by atoms with Crippen LogP contribution in [0.4, 0.5) is 0 Å². The quantitative estimate of drug-likeness (QED) is 0.809. The van der Waals surface area contributed by atoms with Gasteiger partial charge in [-0.1, -0.05) is 29.8 Å². The lowest BCUT2D eigenvalue weighted by Gasteiger charge is -2.23. The second-order valence-electron chi connectivity index (χ2n) is 6.22. The minimum absolute atomic E-state index is 0.200. The Bertz CT molecular complexity index is 613. The van der Waals surface area contributed by atoms with Gasteiger partial charge in [-0.3, -0.25) is 0 Å². The maximum Gasteiger partial charge on any atom is 0.246 e. The van der Waals surface area contributed by atoms with Gasteiger partial charge in [-0.25, -0.2) is 8.42 Å². The number of methoxy groups -OCH3 is 1. The summed E-state index contributed by atoms with van der Waals surface area (Å²) in [7, 11) is -2.03. The Balaban J connectivity index is 2.36. The van der Waals surface area contributed by atoms with E-state index in [2.05, 4.69) is 29.8 Å². The van der Waals surface area contributed by atoms with Crippen LogP contribution in [0.1, 0.15) is 33.1 Å². The fourth-order valence-corrected chi connectivity index (χ4v) is 4.80. The van der Waals surface area contributed by atoms with E-state index in [0.717, 1.165) is 23.7 Å². The average molecular weight is 376 g/mol. The molecule has 1 heterocycles. The fraction of sp³-hybridized carbons (Fsp3) is 0.600. The van der Waals surface area contributed by atoms with Crippen molar-refractivity contribution in [1.82, 2.24) is 4.31 Å². The number of hydrogen-bond donors (Lipinski definition) is 0. The highest BCUT2D eigenvalue weighted by Gasteiger charge is 2.32. The molecule has 4 nitrogen and oxygen atoms in total. The molecular formula is C15H22BrNO3S. The maximum atomic E-state index is 12.9. The first-order valence-corrected chi connectivity index (χ1v) is 9.33. The SMILES string of the molecule is COc1ccc(Br)cc1S(=O)(=O)N1CCCC(C)(C)CC1. The van der Waals surface area contributed by atoms with Gasteiger partial charge in [-0.15, -0.1) is 0 Å². The first-order chi connectivity index (χ1) is 9.76.